The molecule has 0 radical (unpaired) electrons. The third kappa shape index (κ3) is 4.56. The maximum absolute atomic E-state index is 10.4. The van der Waals surface area contributed by atoms with Crippen molar-refractivity contribution < 1.29 is 14.9 Å². The van der Waals surface area contributed by atoms with Gasteiger partial charge < -0.3 is 30.2 Å². The fourth-order valence-electron chi connectivity index (χ4n) is 3.36. The number of anilines is 2. The molecule has 9 heteroatoms. The molecule has 0 amide bonds. The average Bonchev–Trinajstić information content (AvgIpc) is 3.16. The molecule has 0 aliphatic carbocycles. The van der Waals surface area contributed by atoms with Gasteiger partial charge in [0.25, 0.3) is 0 Å². The number of rotatable bonds is 10. The van der Waals surface area contributed by atoms with E-state index in [1.807, 2.05) is 12.1 Å². The summed E-state index contributed by atoms with van der Waals surface area (Å²) in [6.07, 6.45) is 3.19. The van der Waals surface area contributed by atoms with Crippen LogP contribution in [0.2, 0.25) is 0 Å². The number of para-hydroxylation sites is 1. The van der Waals surface area contributed by atoms with Crippen LogP contribution in [0.1, 0.15) is 45.2 Å². The van der Waals surface area contributed by atoms with Gasteiger partial charge in [-0.2, -0.15) is 9.97 Å². The van der Waals surface area contributed by atoms with Crippen molar-refractivity contribution in [3.63, 3.8) is 0 Å². The number of phenolic OH excluding ortho intramolecular Hbond substituents is 1. The van der Waals surface area contributed by atoms with E-state index in [4.69, 9.17) is 4.74 Å². The Morgan fingerprint density at radius 3 is 2.60 bits per heavy atom. The van der Waals surface area contributed by atoms with E-state index in [0.717, 1.165) is 18.5 Å². The highest BCUT2D eigenvalue weighted by molar-refractivity contribution is 5.84. The normalized spacial score (nSPS) is 12.3. The van der Waals surface area contributed by atoms with Crippen LogP contribution in [0.15, 0.2) is 24.5 Å². The van der Waals surface area contributed by atoms with Crippen molar-refractivity contribution in [2.75, 3.05) is 24.3 Å². The number of aliphatic hydroxyl groups is 1. The third-order valence-corrected chi connectivity index (χ3v) is 5.06. The number of methoxy groups -OCH3 is 1. The molecule has 0 saturated carbocycles. The lowest BCUT2D eigenvalue weighted by atomic mass is 10.2. The topological polar surface area (TPSA) is 117 Å². The minimum Gasteiger partial charge on any atom is -0.504 e. The number of imidazole rings is 1. The Labute approximate surface area is 176 Å². The maximum atomic E-state index is 10.4. The Kier molecular flexibility index (Phi) is 6.94. The van der Waals surface area contributed by atoms with E-state index < -0.39 is 6.10 Å². The highest BCUT2D eigenvalue weighted by Crippen LogP contribution is 2.31. The summed E-state index contributed by atoms with van der Waals surface area (Å²) < 4.78 is 7.25. The van der Waals surface area contributed by atoms with Crippen LogP contribution in [0.25, 0.3) is 11.2 Å². The van der Waals surface area contributed by atoms with Crippen LogP contribution in [0, 0.1) is 0 Å². The number of hydrogen-bond acceptors (Lipinski definition) is 8. The zero-order valence-corrected chi connectivity index (χ0v) is 17.9. The summed E-state index contributed by atoms with van der Waals surface area (Å²) in [6.45, 7) is 6.64. The number of aliphatic hydroxyl groups excluding tert-OH is 1. The molecule has 9 nitrogen and oxygen atoms in total. The van der Waals surface area contributed by atoms with E-state index in [1.165, 1.54) is 7.11 Å². The number of hydrogen-bond donors (Lipinski definition) is 4. The molecule has 0 saturated heterocycles. The van der Waals surface area contributed by atoms with Crippen LogP contribution in [0.4, 0.5) is 11.8 Å². The SMILES string of the molecule is CCC(CC)n1cnc2c(NCc3cccc(OC)c3O)nc(NCC(C)O)nc21. The van der Waals surface area contributed by atoms with Gasteiger partial charge in [-0.1, -0.05) is 26.0 Å². The Balaban J connectivity index is 1.97. The highest BCUT2D eigenvalue weighted by Gasteiger charge is 2.18. The summed E-state index contributed by atoms with van der Waals surface area (Å²) >= 11 is 0. The van der Waals surface area contributed by atoms with Gasteiger partial charge in [0.15, 0.2) is 28.5 Å². The number of phenols is 1. The van der Waals surface area contributed by atoms with Crippen molar-refractivity contribution in [1.29, 1.82) is 0 Å². The average molecular weight is 415 g/mol. The standard InChI is InChI=1S/C21H30N6O3/c1-5-15(6-2)27-12-24-17-19(25-21(26-20(17)27)23-10-13(3)28)22-11-14-8-7-9-16(30-4)18(14)29/h7-9,12-13,15,28-29H,5-6,10-11H2,1-4H3,(H2,22,23,25,26). The minimum atomic E-state index is -0.529. The molecule has 162 valence electrons. The Hall–Kier alpha value is -3.07. The van der Waals surface area contributed by atoms with Gasteiger partial charge in [0.2, 0.25) is 5.95 Å². The van der Waals surface area contributed by atoms with Crippen LogP contribution in [-0.2, 0) is 6.54 Å². The van der Waals surface area contributed by atoms with E-state index in [9.17, 15) is 10.2 Å². The van der Waals surface area contributed by atoms with Gasteiger partial charge >= 0.3 is 0 Å². The lowest BCUT2D eigenvalue weighted by Gasteiger charge is -2.16. The molecule has 4 N–H and O–H groups in total. The number of fused-ring (bicyclic) bond motifs is 1. The smallest absolute Gasteiger partial charge is 0.226 e. The van der Waals surface area contributed by atoms with Crippen molar-refractivity contribution in [1.82, 2.24) is 19.5 Å². The molecular formula is C21H30N6O3. The van der Waals surface area contributed by atoms with Gasteiger partial charge in [0.05, 0.1) is 19.5 Å². The molecule has 0 fully saturated rings. The largest absolute Gasteiger partial charge is 0.504 e. The van der Waals surface area contributed by atoms with Gasteiger partial charge in [-0.3, -0.25) is 0 Å². The molecule has 0 aliphatic heterocycles. The number of aromatic hydroxyl groups is 1. The number of nitrogens with zero attached hydrogens (tertiary/aromatic N) is 4. The summed E-state index contributed by atoms with van der Waals surface area (Å²) in [6, 6.07) is 5.63. The van der Waals surface area contributed by atoms with Crippen molar-refractivity contribution in [2.24, 2.45) is 0 Å². The molecule has 3 aromatic rings. The second-order valence-corrected chi connectivity index (χ2v) is 7.24. The lowest BCUT2D eigenvalue weighted by Crippen LogP contribution is -2.18. The first-order valence-corrected chi connectivity index (χ1v) is 10.2. The lowest BCUT2D eigenvalue weighted by molar-refractivity contribution is 0.208. The van der Waals surface area contributed by atoms with Crippen LogP contribution >= 0.6 is 0 Å². The number of nitrogens with one attached hydrogen (secondary N) is 2. The van der Waals surface area contributed by atoms with Crippen molar-refractivity contribution in [2.45, 2.75) is 52.3 Å². The summed E-state index contributed by atoms with van der Waals surface area (Å²) in [7, 11) is 1.52. The van der Waals surface area contributed by atoms with Gasteiger partial charge in [0.1, 0.15) is 0 Å². The second kappa shape index (κ2) is 9.62. The van der Waals surface area contributed by atoms with E-state index >= 15 is 0 Å². The van der Waals surface area contributed by atoms with E-state index in [0.29, 0.717) is 41.7 Å². The summed E-state index contributed by atoms with van der Waals surface area (Å²) in [5.41, 5.74) is 2.06. The van der Waals surface area contributed by atoms with E-state index in [-0.39, 0.29) is 11.8 Å². The Bertz CT molecular complexity index is 984. The second-order valence-electron chi connectivity index (χ2n) is 7.24. The molecule has 0 bridgehead atoms. The number of benzene rings is 1. The van der Waals surface area contributed by atoms with Gasteiger partial charge in [-0.05, 0) is 25.8 Å². The Morgan fingerprint density at radius 1 is 1.17 bits per heavy atom. The fraction of sp³-hybridized carbons (Fsp3) is 0.476. The predicted molar refractivity (Wildman–Crippen MR) is 117 cm³/mol. The molecule has 3 rings (SSSR count). The highest BCUT2D eigenvalue weighted by atomic mass is 16.5. The number of ether oxygens (including phenoxy) is 1. The fourth-order valence-corrected chi connectivity index (χ4v) is 3.36. The van der Waals surface area contributed by atoms with Crippen LogP contribution in [0.3, 0.4) is 0 Å². The molecule has 2 aromatic heterocycles. The molecule has 1 atom stereocenters. The van der Waals surface area contributed by atoms with Crippen LogP contribution in [0.5, 0.6) is 11.5 Å². The van der Waals surface area contributed by atoms with Gasteiger partial charge in [-0.25, -0.2) is 4.98 Å². The van der Waals surface area contributed by atoms with Gasteiger partial charge in [-0.15, -0.1) is 0 Å². The van der Waals surface area contributed by atoms with Gasteiger partial charge in [0, 0.05) is 24.7 Å². The molecule has 1 unspecified atom stereocenters. The maximum Gasteiger partial charge on any atom is 0.226 e. The molecule has 30 heavy (non-hydrogen) atoms. The third-order valence-electron chi connectivity index (χ3n) is 5.06. The summed E-state index contributed by atoms with van der Waals surface area (Å²) in [5.74, 6) is 1.47. The quantitative estimate of drug-likeness (QED) is 0.399. The van der Waals surface area contributed by atoms with E-state index in [2.05, 4.69) is 44.0 Å². The molecule has 0 spiro atoms. The van der Waals surface area contributed by atoms with E-state index in [1.54, 1.807) is 19.3 Å². The number of aromatic nitrogens is 4. The molecule has 0 aliphatic rings. The van der Waals surface area contributed by atoms with Crippen molar-refractivity contribution in [3.05, 3.63) is 30.1 Å². The van der Waals surface area contributed by atoms with Crippen molar-refractivity contribution >= 4 is 22.9 Å². The monoisotopic (exact) mass is 414 g/mol. The zero-order valence-electron chi connectivity index (χ0n) is 17.9. The summed E-state index contributed by atoms with van der Waals surface area (Å²) in [5, 5.41) is 26.3. The first-order chi connectivity index (χ1) is 14.5. The van der Waals surface area contributed by atoms with Crippen LogP contribution in [-0.4, -0.2) is 49.5 Å². The van der Waals surface area contributed by atoms with Crippen LogP contribution < -0.4 is 15.4 Å². The molecular weight excluding hydrogens is 384 g/mol. The first-order valence-electron chi connectivity index (χ1n) is 10.2. The first kappa shape index (κ1) is 21.6. The zero-order chi connectivity index (χ0) is 21.7. The molecule has 1 aromatic carbocycles. The minimum absolute atomic E-state index is 0.0906. The van der Waals surface area contributed by atoms with Crippen molar-refractivity contribution in [3.8, 4) is 11.5 Å². The molecule has 2 heterocycles. The predicted octanol–water partition coefficient (Wildman–Crippen LogP) is 3.31. The summed E-state index contributed by atoms with van der Waals surface area (Å²) in [4.78, 5) is 13.7. The Morgan fingerprint density at radius 2 is 1.93 bits per heavy atom.